The van der Waals surface area contributed by atoms with Crippen molar-refractivity contribution in [2.45, 2.75) is 32.7 Å². The molecule has 0 bridgehead atoms. The maximum atomic E-state index is 5.64. The normalized spacial score (nSPS) is 15.9. The Morgan fingerprint density at radius 1 is 1.11 bits per heavy atom. The van der Waals surface area contributed by atoms with Crippen LogP contribution in [0.3, 0.4) is 0 Å². The van der Waals surface area contributed by atoms with Gasteiger partial charge in [-0.2, -0.15) is 0 Å². The molecule has 28 heavy (non-hydrogen) atoms. The summed E-state index contributed by atoms with van der Waals surface area (Å²) in [5.74, 6) is 1.51. The Morgan fingerprint density at radius 2 is 1.82 bits per heavy atom. The van der Waals surface area contributed by atoms with Crippen molar-refractivity contribution in [3.05, 3.63) is 59.7 Å². The van der Waals surface area contributed by atoms with Gasteiger partial charge < -0.3 is 15.0 Å². The summed E-state index contributed by atoms with van der Waals surface area (Å²) in [6.45, 7) is 9.33. The molecule has 1 saturated heterocycles. The van der Waals surface area contributed by atoms with E-state index in [0.717, 1.165) is 55.7 Å². The first-order valence-corrected chi connectivity index (χ1v) is 10.5. The van der Waals surface area contributed by atoms with E-state index < -0.39 is 0 Å². The first kappa shape index (κ1) is 20.6. The molecule has 1 atom stereocenters. The van der Waals surface area contributed by atoms with E-state index in [1.165, 1.54) is 11.1 Å². The smallest absolute Gasteiger partial charge is 0.173 e. The van der Waals surface area contributed by atoms with Crippen molar-refractivity contribution in [2.24, 2.45) is 0 Å². The average molecular weight is 398 g/mol. The Morgan fingerprint density at radius 3 is 2.46 bits per heavy atom. The first-order valence-electron chi connectivity index (χ1n) is 10.1. The second-order valence-electron chi connectivity index (χ2n) is 7.48. The summed E-state index contributed by atoms with van der Waals surface area (Å²) in [6, 6.07) is 17.0. The highest BCUT2D eigenvalue weighted by atomic mass is 32.1. The van der Waals surface area contributed by atoms with Gasteiger partial charge in [0.2, 0.25) is 0 Å². The number of methoxy groups -OCH3 is 1. The van der Waals surface area contributed by atoms with Crippen molar-refractivity contribution in [3.8, 4) is 5.75 Å². The van der Waals surface area contributed by atoms with Crippen LogP contribution in [0.1, 0.15) is 37.3 Å². The van der Waals surface area contributed by atoms with Crippen molar-refractivity contribution in [1.82, 2.24) is 9.80 Å². The zero-order valence-electron chi connectivity index (χ0n) is 17.1. The summed E-state index contributed by atoms with van der Waals surface area (Å²) in [4.78, 5) is 4.73. The molecule has 1 aliphatic rings. The molecule has 2 aromatic carbocycles. The maximum absolute atomic E-state index is 5.64. The summed E-state index contributed by atoms with van der Waals surface area (Å²) < 4.78 is 5.32. The topological polar surface area (TPSA) is 27.7 Å². The highest BCUT2D eigenvalue weighted by molar-refractivity contribution is 7.80. The average Bonchev–Trinajstić information content (AvgIpc) is 2.74. The molecule has 3 rings (SSSR count). The number of hydrogen-bond donors (Lipinski definition) is 1. The first-order chi connectivity index (χ1) is 13.6. The van der Waals surface area contributed by atoms with Crippen LogP contribution in [0.2, 0.25) is 0 Å². The van der Waals surface area contributed by atoms with Crippen molar-refractivity contribution in [1.29, 1.82) is 0 Å². The lowest BCUT2D eigenvalue weighted by molar-refractivity contribution is 0.177. The Bertz CT molecular complexity index is 770. The zero-order valence-corrected chi connectivity index (χ0v) is 18.0. The number of thiocarbonyl (C=S) groups is 1. The van der Waals surface area contributed by atoms with Gasteiger partial charge in [0, 0.05) is 38.4 Å². The fourth-order valence-corrected chi connectivity index (χ4v) is 3.77. The van der Waals surface area contributed by atoms with Gasteiger partial charge in [0.15, 0.2) is 5.11 Å². The molecule has 5 heteroatoms. The summed E-state index contributed by atoms with van der Waals surface area (Å²) in [5.41, 5.74) is 3.73. The number of piperazine rings is 1. The number of nitrogens with zero attached hydrogens (tertiary/aromatic N) is 2. The van der Waals surface area contributed by atoms with Gasteiger partial charge in [0.25, 0.3) is 0 Å². The number of anilines is 1. The molecule has 0 aromatic heterocycles. The van der Waals surface area contributed by atoms with Crippen LogP contribution in [-0.4, -0.2) is 48.2 Å². The summed E-state index contributed by atoms with van der Waals surface area (Å²) in [5, 5.41) is 4.21. The van der Waals surface area contributed by atoms with Gasteiger partial charge in [-0.1, -0.05) is 38.1 Å². The van der Waals surface area contributed by atoms with E-state index in [2.05, 4.69) is 71.4 Å². The van der Waals surface area contributed by atoms with E-state index in [1.54, 1.807) is 7.11 Å². The van der Waals surface area contributed by atoms with Crippen LogP contribution >= 0.6 is 12.2 Å². The molecule has 1 aliphatic heterocycles. The molecule has 1 N–H and O–H groups in total. The largest absolute Gasteiger partial charge is 0.497 e. The Kier molecular flexibility index (Phi) is 7.29. The third kappa shape index (κ3) is 5.46. The van der Waals surface area contributed by atoms with Crippen LogP contribution in [-0.2, 0) is 6.54 Å². The molecule has 2 aromatic rings. The SMILES string of the molecule is CCC(C)c1ccc(NC(=S)N2CCN(Cc3cccc(OC)c3)CC2)cc1. The van der Waals surface area contributed by atoms with Gasteiger partial charge in [-0.05, 0) is 59.9 Å². The van der Waals surface area contributed by atoms with Crippen LogP contribution in [0, 0.1) is 0 Å². The molecule has 0 spiro atoms. The summed E-state index contributed by atoms with van der Waals surface area (Å²) in [7, 11) is 1.71. The van der Waals surface area contributed by atoms with Gasteiger partial charge in [-0.25, -0.2) is 0 Å². The predicted molar refractivity (Wildman–Crippen MR) is 121 cm³/mol. The zero-order chi connectivity index (χ0) is 19.9. The lowest BCUT2D eigenvalue weighted by atomic mass is 9.99. The lowest BCUT2D eigenvalue weighted by Gasteiger charge is -2.36. The van der Waals surface area contributed by atoms with E-state index >= 15 is 0 Å². The predicted octanol–water partition coefficient (Wildman–Crippen LogP) is 4.72. The van der Waals surface area contributed by atoms with Crippen molar-refractivity contribution >= 4 is 23.0 Å². The second kappa shape index (κ2) is 9.89. The molecule has 0 aliphatic carbocycles. The highest BCUT2D eigenvalue weighted by Gasteiger charge is 2.19. The molecular formula is C23H31N3OS. The van der Waals surface area contributed by atoms with Crippen LogP contribution in [0.5, 0.6) is 5.75 Å². The standard InChI is InChI=1S/C23H31N3OS/c1-4-18(2)20-8-10-21(11-9-20)24-23(28)26-14-12-25(13-15-26)17-19-6-5-7-22(16-19)27-3/h5-11,16,18H,4,12-15,17H2,1-3H3,(H,24,28). The molecule has 1 fully saturated rings. The minimum absolute atomic E-state index is 0.596. The minimum atomic E-state index is 0.596. The highest BCUT2D eigenvalue weighted by Crippen LogP contribution is 2.21. The third-order valence-electron chi connectivity index (χ3n) is 5.54. The molecule has 150 valence electrons. The van der Waals surface area contributed by atoms with E-state index in [-0.39, 0.29) is 0 Å². The van der Waals surface area contributed by atoms with Gasteiger partial charge in [0.05, 0.1) is 7.11 Å². The van der Waals surface area contributed by atoms with Crippen LogP contribution < -0.4 is 10.1 Å². The number of nitrogens with one attached hydrogen (secondary N) is 1. The van der Waals surface area contributed by atoms with E-state index in [0.29, 0.717) is 5.92 Å². The monoisotopic (exact) mass is 397 g/mol. The maximum Gasteiger partial charge on any atom is 0.173 e. The fraction of sp³-hybridized carbons (Fsp3) is 0.435. The van der Waals surface area contributed by atoms with Crippen molar-refractivity contribution in [2.75, 3.05) is 38.6 Å². The minimum Gasteiger partial charge on any atom is -0.497 e. The number of rotatable bonds is 6. The van der Waals surface area contributed by atoms with Gasteiger partial charge in [0.1, 0.15) is 5.75 Å². The Labute approximate surface area is 174 Å². The molecule has 0 saturated carbocycles. The van der Waals surface area contributed by atoms with Gasteiger partial charge >= 0.3 is 0 Å². The quantitative estimate of drug-likeness (QED) is 0.712. The number of hydrogen-bond acceptors (Lipinski definition) is 3. The Hall–Kier alpha value is -2.11. The molecule has 1 unspecified atom stereocenters. The summed E-state index contributed by atoms with van der Waals surface area (Å²) >= 11 is 5.64. The fourth-order valence-electron chi connectivity index (χ4n) is 3.47. The second-order valence-corrected chi connectivity index (χ2v) is 7.86. The molecule has 4 nitrogen and oxygen atoms in total. The van der Waals surface area contributed by atoms with Crippen LogP contribution in [0.15, 0.2) is 48.5 Å². The molecular weight excluding hydrogens is 366 g/mol. The van der Waals surface area contributed by atoms with Crippen molar-refractivity contribution < 1.29 is 4.74 Å². The molecule has 0 radical (unpaired) electrons. The molecule has 1 heterocycles. The van der Waals surface area contributed by atoms with Crippen molar-refractivity contribution in [3.63, 3.8) is 0 Å². The van der Waals surface area contributed by atoms with E-state index in [1.807, 2.05) is 6.07 Å². The van der Waals surface area contributed by atoms with Crippen LogP contribution in [0.25, 0.3) is 0 Å². The number of benzene rings is 2. The Balaban J connectivity index is 1.48. The van der Waals surface area contributed by atoms with E-state index in [9.17, 15) is 0 Å². The molecule has 0 amide bonds. The van der Waals surface area contributed by atoms with Crippen LogP contribution in [0.4, 0.5) is 5.69 Å². The van der Waals surface area contributed by atoms with Gasteiger partial charge in [-0.15, -0.1) is 0 Å². The van der Waals surface area contributed by atoms with E-state index in [4.69, 9.17) is 17.0 Å². The third-order valence-corrected chi connectivity index (χ3v) is 5.90. The number of ether oxygens (including phenoxy) is 1. The van der Waals surface area contributed by atoms with Gasteiger partial charge in [-0.3, -0.25) is 4.90 Å². The summed E-state index contributed by atoms with van der Waals surface area (Å²) in [6.07, 6.45) is 1.16. The lowest BCUT2D eigenvalue weighted by Crippen LogP contribution is -2.49.